The second-order valence-corrected chi connectivity index (χ2v) is 9.15. The number of rotatable bonds is 3. The molecule has 39 heavy (non-hydrogen) atoms. The van der Waals surface area contributed by atoms with Gasteiger partial charge in [-0.25, -0.2) is 0 Å². The van der Waals surface area contributed by atoms with Crippen molar-refractivity contribution in [1.29, 1.82) is 0 Å². The number of furan rings is 1. The van der Waals surface area contributed by atoms with E-state index in [2.05, 4.69) is 0 Å². The first-order chi connectivity index (χ1) is 24.4. The predicted molar refractivity (Wildman–Crippen MR) is 165 cm³/mol. The van der Waals surface area contributed by atoms with Crippen molar-refractivity contribution in [3.8, 4) is 33.4 Å². The van der Waals surface area contributed by atoms with Gasteiger partial charge in [0.05, 0.1) is 16.4 Å². The molecular formula is C38H24O. The topological polar surface area (TPSA) is 13.1 Å². The van der Waals surface area contributed by atoms with Crippen LogP contribution < -0.4 is 0 Å². The van der Waals surface area contributed by atoms with E-state index in [-0.39, 0.29) is 57.2 Å². The minimum Gasteiger partial charge on any atom is -0.456 e. The summed E-state index contributed by atoms with van der Waals surface area (Å²) in [4.78, 5) is 0. The maximum Gasteiger partial charge on any atom is 0.136 e. The van der Waals surface area contributed by atoms with Gasteiger partial charge in [-0.3, -0.25) is 0 Å². The Balaban J connectivity index is 1.59. The normalized spacial score (nSPS) is 15.9. The van der Waals surface area contributed by atoms with Crippen molar-refractivity contribution in [1.82, 2.24) is 0 Å². The molecule has 0 amide bonds. The Labute approximate surface area is 243 Å². The molecule has 0 aliphatic heterocycles. The van der Waals surface area contributed by atoms with Gasteiger partial charge >= 0.3 is 0 Å². The van der Waals surface area contributed by atoms with Crippen molar-refractivity contribution < 1.29 is 20.9 Å². The second-order valence-electron chi connectivity index (χ2n) is 9.15. The average molecular weight is 509 g/mol. The van der Waals surface area contributed by atoms with Crippen molar-refractivity contribution in [3.63, 3.8) is 0 Å². The molecule has 0 fully saturated rings. The smallest absolute Gasteiger partial charge is 0.136 e. The molecule has 0 aliphatic rings. The zero-order chi connectivity index (χ0) is 36.2. The van der Waals surface area contributed by atoms with Gasteiger partial charge in [-0.1, -0.05) is 133 Å². The number of fused-ring (bicyclic) bond motifs is 5. The maximum absolute atomic E-state index is 9.28. The zero-order valence-electron chi connectivity index (χ0n) is 32.3. The molecule has 0 unspecified atom stereocenters. The van der Waals surface area contributed by atoms with Gasteiger partial charge in [-0.15, -0.1) is 0 Å². The fraction of sp³-hybridized carbons (Fsp3) is 0. The zero-order valence-corrected chi connectivity index (χ0v) is 20.3. The van der Waals surface area contributed by atoms with Gasteiger partial charge in [0.25, 0.3) is 0 Å². The standard InChI is InChI=1S/C38H24O/c1-2-13-25(14-3-1)26-15-4-5-16-27(26)36-28-17-6-8-19-30(28)37(31-20-9-7-18-29(31)36)33-22-12-24-35-38(33)32-21-10-11-23-34(32)39-35/h1-24H/i1D,2D,3D,10D,11D,12D,13D,14D,21D,22D,23D,24D. The summed E-state index contributed by atoms with van der Waals surface area (Å²) in [5.74, 6) is 0. The van der Waals surface area contributed by atoms with Gasteiger partial charge in [-0.05, 0) is 67.0 Å². The number of hydrogen-bond donors (Lipinski definition) is 0. The largest absolute Gasteiger partial charge is 0.456 e. The molecular weight excluding hydrogens is 472 g/mol. The van der Waals surface area contributed by atoms with Crippen molar-refractivity contribution in [2.75, 3.05) is 0 Å². The van der Waals surface area contributed by atoms with E-state index in [9.17, 15) is 1.37 Å². The highest BCUT2D eigenvalue weighted by Gasteiger charge is 2.21. The summed E-state index contributed by atoms with van der Waals surface area (Å²) in [6, 6.07) is 16.8. The van der Waals surface area contributed by atoms with Crippen LogP contribution in [0, 0.1) is 0 Å². The average Bonchev–Trinajstić information content (AvgIpc) is 3.54. The van der Waals surface area contributed by atoms with E-state index in [1.165, 1.54) is 0 Å². The lowest BCUT2D eigenvalue weighted by atomic mass is 9.83. The molecule has 0 radical (unpaired) electrons. The molecule has 0 saturated carbocycles. The minimum atomic E-state index is -0.505. The lowest BCUT2D eigenvalue weighted by Crippen LogP contribution is -1.93. The Hall–Kier alpha value is -5.14. The first-order valence-corrected chi connectivity index (χ1v) is 12.4. The molecule has 0 spiro atoms. The molecule has 182 valence electrons. The maximum atomic E-state index is 9.28. The molecule has 8 aromatic rings. The molecule has 0 aliphatic carbocycles. The molecule has 8 rings (SSSR count). The summed E-state index contributed by atoms with van der Waals surface area (Å²) in [5.41, 5.74) is 2.12. The quantitative estimate of drug-likeness (QED) is 0.216. The third kappa shape index (κ3) is 3.34. The Morgan fingerprint density at radius 3 is 1.64 bits per heavy atom. The SMILES string of the molecule is [2H]c1c([2H])c([2H])c(-c2ccccc2-c2c3ccccc3c(-c3c([2H])c([2H])c([2H])c4oc5c([2H])c([2H])c([2H])c([2H])c5c34)c3ccccc23)c([2H])c1[2H]. The van der Waals surface area contributed by atoms with Crippen LogP contribution in [0.5, 0.6) is 0 Å². The molecule has 1 nitrogen and oxygen atoms in total. The molecule has 0 saturated heterocycles. The van der Waals surface area contributed by atoms with Crippen LogP contribution in [0.15, 0.2) is 150 Å². The van der Waals surface area contributed by atoms with Gasteiger partial charge in [-0.2, -0.15) is 0 Å². The Morgan fingerprint density at radius 2 is 0.949 bits per heavy atom. The van der Waals surface area contributed by atoms with E-state index in [1.807, 2.05) is 54.6 Å². The lowest BCUT2D eigenvalue weighted by Gasteiger charge is -2.20. The number of para-hydroxylation sites is 1. The van der Waals surface area contributed by atoms with E-state index in [4.69, 9.17) is 19.5 Å². The Morgan fingerprint density at radius 1 is 0.410 bits per heavy atom. The van der Waals surface area contributed by atoms with E-state index in [1.54, 1.807) is 18.2 Å². The van der Waals surface area contributed by atoms with E-state index >= 15 is 0 Å². The lowest BCUT2D eigenvalue weighted by molar-refractivity contribution is 0.669. The van der Waals surface area contributed by atoms with Crippen LogP contribution in [0.4, 0.5) is 0 Å². The molecule has 0 N–H and O–H groups in total. The highest BCUT2D eigenvalue weighted by molar-refractivity contribution is 6.26. The molecule has 7 aromatic carbocycles. The highest BCUT2D eigenvalue weighted by Crippen LogP contribution is 2.48. The summed E-state index contributed by atoms with van der Waals surface area (Å²) in [7, 11) is 0. The Kier molecular flexibility index (Phi) is 2.92. The second kappa shape index (κ2) is 8.72. The van der Waals surface area contributed by atoms with Gasteiger partial charge in [0.2, 0.25) is 0 Å². The first kappa shape index (κ1) is 13.1. The summed E-state index contributed by atoms with van der Waals surface area (Å²) >= 11 is 0. The Bertz CT molecular complexity index is 2750. The minimum absolute atomic E-state index is 0.0109. The summed E-state index contributed by atoms with van der Waals surface area (Å²) in [5, 5.41) is 2.72. The van der Waals surface area contributed by atoms with Gasteiger partial charge < -0.3 is 4.42 Å². The highest BCUT2D eigenvalue weighted by atomic mass is 16.3. The van der Waals surface area contributed by atoms with Crippen LogP contribution in [0.3, 0.4) is 0 Å². The molecule has 1 heteroatoms. The van der Waals surface area contributed by atoms with Crippen molar-refractivity contribution >= 4 is 43.5 Å². The summed E-state index contributed by atoms with van der Waals surface area (Å²) < 4.78 is 109. The fourth-order valence-corrected chi connectivity index (χ4v) is 5.54. The van der Waals surface area contributed by atoms with E-state index in [0.29, 0.717) is 43.8 Å². The number of hydrogen-bond acceptors (Lipinski definition) is 1. The van der Waals surface area contributed by atoms with Crippen molar-refractivity contribution in [3.05, 3.63) is 145 Å². The fourth-order valence-electron chi connectivity index (χ4n) is 5.54. The third-order valence-electron chi connectivity index (χ3n) is 7.10. The molecule has 1 aromatic heterocycles. The molecule has 0 atom stereocenters. The van der Waals surface area contributed by atoms with Crippen molar-refractivity contribution in [2.24, 2.45) is 0 Å². The van der Waals surface area contributed by atoms with Crippen LogP contribution >= 0.6 is 0 Å². The van der Waals surface area contributed by atoms with Gasteiger partial charge in [0, 0.05) is 10.8 Å². The monoisotopic (exact) mass is 508 g/mol. The third-order valence-corrected chi connectivity index (χ3v) is 7.10. The predicted octanol–water partition coefficient (Wildman–Crippen LogP) is 10.9. The first-order valence-electron chi connectivity index (χ1n) is 18.4. The van der Waals surface area contributed by atoms with Crippen LogP contribution in [0.2, 0.25) is 0 Å². The van der Waals surface area contributed by atoms with E-state index < -0.39 is 48.3 Å². The van der Waals surface area contributed by atoms with Crippen LogP contribution in [-0.4, -0.2) is 0 Å². The van der Waals surface area contributed by atoms with Gasteiger partial charge in [0.1, 0.15) is 11.2 Å². The van der Waals surface area contributed by atoms with Gasteiger partial charge in [0.15, 0.2) is 0 Å². The summed E-state index contributed by atoms with van der Waals surface area (Å²) in [6.45, 7) is 0. The van der Waals surface area contributed by atoms with Crippen LogP contribution in [-0.2, 0) is 0 Å². The summed E-state index contributed by atoms with van der Waals surface area (Å²) in [6.07, 6.45) is 0. The van der Waals surface area contributed by atoms with E-state index in [0.717, 1.165) is 0 Å². The molecule has 1 heterocycles. The molecule has 0 bridgehead atoms. The number of benzene rings is 7. The van der Waals surface area contributed by atoms with Crippen LogP contribution in [0.25, 0.3) is 76.9 Å². The van der Waals surface area contributed by atoms with Crippen molar-refractivity contribution in [2.45, 2.75) is 0 Å². The van der Waals surface area contributed by atoms with Crippen LogP contribution in [0.1, 0.15) is 16.4 Å².